The largest absolute Gasteiger partial charge is 0.481 e. The first-order chi connectivity index (χ1) is 17.0. The van der Waals surface area contributed by atoms with Crippen LogP contribution in [0.4, 0.5) is 0 Å². The number of hydrogen-bond acceptors (Lipinski definition) is 6. The second-order valence-corrected chi connectivity index (χ2v) is 9.13. The van der Waals surface area contributed by atoms with Gasteiger partial charge in [-0.3, -0.25) is 14.9 Å². The summed E-state index contributed by atoms with van der Waals surface area (Å²) in [4.78, 5) is 24.4. The summed E-state index contributed by atoms with van der Waals surface area (Å²) in [5.41, 5.74) is 3.32. The van der Waals surface area contributed by atoms with Crippen LogP contribution in [-0.4, -0.2) is 42.3 Å². The average Bonchev–Trinajstić information content (AvgIpc) is 3.36. The standard InChI is InChI=1S/C26H24ClN5O3/c27-20-3-1-2-17(13-20)25-30-26(32-31-25)19-6-10-22(28-15-19)18-7-11-23(29-14-18)35-21-8-4-16(5-9-21)12-24(33)34/h1-3,6-7,10-11,13-16,21H,4-5,8-9,12H2,(H,33,34)(H,30,31,32). The first-order valence-corrected chi connectivity index (χ1v) is 11.9. The molecule has 35 heavy (non-hydrogen) atoms. The molecule has 5 rings (SSSR count). The molecule has 0 bridgehead atoms. The van der Waals surface area contributed by atoms with Crippen LogP contribution in [0.3, 0.4) is 0 Å². The Morgan fingerprint density at radius 1 is 1.00 bits per heavy atom. The van der Waals surface area contributed by atoms with Gasteiger partial charge in [0.25, 0.3) is 0 Å². The highest BCUT2D eigenvalue weighted by molar-refractivity contribution is 6.30. The highest BCUT2D eigenvalue weighted by Crippen LogP contribution is 2.30. The van der Waals surface area contributed by atoms with Crippen molar-refractivity contribution in [3.8, 4) is 39.9 Å². The Hall–Kier alpha value is -3.78. The summed E-state index contributed by atoms with van der Waals surface area (Å²) in [6.07, 6.45) is 7.25. The molecule has 1 aromatic carbocycles. The van der Waals surface area contributed by atoms with Gasteiger partial charge in [-0.2, -0.15) is 5.10 Å². The molecule has 0 spiro atoms. The zero-order valence-electron chi connectivity index (χ0n) is 18.9. The van der Waals surface area contributed by atoms with Gasteiger partial charge in [-0.15, -0.1) is 0 Å². The van der Waals surface area contributed by atoms with Gasteiger partial charge in [0.15, 0.2) is 11.6 Å². The van der Waals surface area contributed by atoms with Gasteiger partial charge in [-0.25, -0.2) is 9.97 Å². The molecule has 1 aliphatic carbocycles. The van der Waals surface area contributed by atoms with E-state index in [4.69, 9.17) is 21.4 Å². The van der Waals surface area contributed by atoms with E-state index in [1.165, 1.54) is 0 Å². The number of nitrogens with one attached hydrogen (secondary N) is 1. The minimum atomic E-state index is -0.726. The molecule has 3 heterocycles. The summed E-state index contributed by atoms with van der Waals surface area (Å²) in [5, 5.41) is 16.8. The Bertz CT molecular complexity index is 1300. The summed E-state index contributed by atoms with van der Waals surface area (Å²) in [6.45, 7) is 0. The number of benzene rings is 1. The number of pyridine rings is 2. The van der Waals surface area contributed by atoms with E-state index in [0.29, 0.717) is 22.6 Å². The molecule has 2 N–H and O–H groups in total. The molecule has 0 atom stereocenters. The van der Waals surface area contributed by atoms with E-state index in [1.54, 1.807) is 12.4 Å². The van der Waals surface area contributed by atoms with Crippen molar-refractivity contribution in [2.75, 3.05) is 0 Å². The van der Waals surface area contributed by atoms with Crippen LogP contribution in [0.1, 0.15) is 32.1 Å². The lowest BCUT2D eigenvalue weighted by Crippen LogP contribution is -2.25. The predicted molar refractivity (Wildman–Crippen MR) is 132 cm³/mol. The molecule has 9 heteroatoms. The first kappa shape index (κ1) is 23.0. The number of hydrogen-bond donors (Lipinski definition) is 2. The highest BCUT2D eigenvalue weighted by atomic mass is 35.5. The maximum atomic E-state index is 10.9. The zero-order valence-corrected chi connectivity index (χ0v) is 19.7. The number of halogens is 1. The van der Waals surface area contributed by atoms with Crippen molar-refractivity contribution in [3.05, 3.63) is 65.9 Å². The summed E-state index contributed by atoms with van der Waals surface area (Å²) in [5.74, 6) is 1.29. The third-order valence-corrected chi connectivity index (χ3v) is 6.42. The van der Waals surface area contributed by atoms with E-state index in [0.717, 1.165) is 48.1 Å². The minimum absolute atomic E-state index is 0.0777. The van der Waals surface area contributed by atoms with Gasteiger partial charge < -0.3 is 9.84 Å². The number of carbonyl (C=O) groups is 1. The van der Waals surface area contributed by atoms with Crippen molar-refractivity contribution in [2.24, 2.45) is 5.92 Å². The Labute approximate surface area is 207 Å². The second-order valence-electron chi connectivity index (χ2n) is 8.69. The number of aliphatic carboxylic acids is 1. The third-order valence-electron chi connectivity index (χ3n) is 6.18. The number of carboxylic acids is 1. The lowest BCUT2D eigenvalue weighted by Gasteiger charge is -2.27. The smallest absolute Gasteiger partial charge is 0.303 e. The van der Waals surface area contributed by atoms with Crippen LogP contribution in [0.25, 0.3) is 34.0 Å². The van der Waals surface area contributed by atoms with Crippen molar-refractivity contribution < 1.29 is 14.6 Å². The van der Waals surface area contributed by atoms with Gasteiger partial charge in [0.1, 0.15) is 6.10 Å². The van der Waals surface area contributed by atoms with Crippen LogP contribution >= 0.6 is 11.6 Å². The van der Waals surface area contributed by atoms with Crippen molar-refractivity contribution in [1.29, 1.82) is 0 Å². The fraction of sp³-hybridized carbons (Fsp3) is 0.269. The van der Waals surface area contributed by atoms with Gasteiger partial charge in [-0.05, 0) is 61.9 Å². The molecule has 0 amide bonds. The van der Waals surface area contributed by atoms with E-state index in [2.05, 4.69) is 25.1 Å². The number of ether oxygens (including phenoxy) is 1. The number of nitrogens with zero attached hydrogens (tertiary/aromatic N) is 4. The molecule has 1 fully saturated rings. The van der Waals surface area contributed by atoms with E-state index in [1.807, 2.05) is 48.5 Å². The Kier molecular flexibility index (Phi) is 6.72. The Morgan fingerprint density at radius 3 is 2.49 bits per heavy atom. The number of H-pyrrole nitrogens is 1. The quantitative estimate of drug-likeness (QED) is 0.344. The van der Waals surface area contributed by atoms with Crippen LogP contribution in [-0.2, 0) is 4.79 Å². The molecule has 4 aromatic rings. The van der Waals surface area contributed by atoms with Gasteiger partial charge in [-0.1, -0.05) is 23.7 Å². The molecular formula is C26H24ClN5O3. The van der Waals surface area contributed by atoms with Gasteiger partial charge in [0, 0.05) is 46.6 Å². The van der Waals surface area contributed by atoms with Crippen molar-refractivity contribution in [2.45, 2.75) is 38.2 Å². The lowest BCUT2D eigenvalue weighted by molar-refractivity contribution is -0.138. The highest BCUT2D eigenvalue weighted by Gasteiger charge is 2.24. The summed E-state index contributed by atoms with van der Waals surface area (Å²) >= 11 is 6.07. The molecule has 0 unspecified atom stereocenters. The van der Waals surface area contributed by atoms with E-state index >= 15 is 0 Å². The number of carboxylic acid groups (broad SMARTS) is 1. The van der Waals surface area contributed by atoms with Crippen molar-refractivity contribution >= 4 is 17.6 Å². The summed E-state index contributed by atoms with van der Waals surface area (Å²) < 4.78 is 6.02. The van der Waals surface area contributed by atoms with Crippen molar-refractivity contribution in [3.63, 3.8) is 0 Å². The van der Waals surface area contributed by atoms with E-state index < -0.39 is 5.97 Å². The number of rotatable bonds is 7. The molecular weight excluding hydrogens is 466 g/mol. The third kappa shape index (κ3) is 5.66. The molecule has 8 nitrogen and oxygen atoms in total. The molecule has 0 aliphatic heterocycles. The van der Waals surface area contributed by atoms with Gasteiger partial charge in [0.05, 0.1) is 5.69 Å². The van der Waals surface area contributed by atoms with E-state index in [-0.39, 0.29) is 18.4 Å². The molecule has 1 aliphatic rings. The average molecular weight is 490 g/mol. The topological polar surface area (TPSA) is 114 Å². The fourth-order valence-electron chi connectivity index (χ4n) is 4.33. The summed E-state index contributed by atoms with van der Waals surface area (Å²) in [6, 6.07) is 15.0. The number of aromatic nitrogens is 5. The molecule has 0 radical (unpaired) electrons. The molecule has 178 valence electrons. The monoisotopic (exact) mass is 489 g/mol. The molecule has 0 saturated heterocycles. The SMILES string of the molecule is O=C(O)CC1CCC(Oc2ccc(-c3ccc(-c4n[nH]c(-c5cccc(Cl)c5)n4)cn3)cn2)CC1. The Balaban J connectivity index is 1.20. The first-order valence-electron chi connectivity index (χ1n) is 11.5. The Morgan fingerprint density at radius 2 is 1.80 bits per heavy atom. The van der Waals surface area contributed by atoms with E-state index in [9.17, 15) is 4.79 Å². The van der Waals surface area contributed by atoms with Gasteiger partial charge in [0.2, 0.25) is 5.88 Å². The molecule has 1 saturated carbocycles. The summed E-state index contributed by atoms with van der Waals surface area (Å²) in [7, 11) is 0. The molecule has 3 aromatic heterocycles. The van der Waals surface area contributed by atoms with Gasteiger partial charge >= 0.3 is 5.97 Å². The maximum absolute atomic E-state index is 10.9. The van der Waals surface area contributed by atoms with Crippen LogP contribution in [0, 0.1) is 5.92 Å². The number of aromatic amines is 1. The zero-order chi connectivity index (χ0) is 24.2. The van der Waals surface area contributed by atoms with Crippen molar-refractivity contribution in [1.82, 2.24) is 25.1 Å². The van der Waals surface area contributed by atoms with Crippen LogP contribution in [0.5, 0.6) is 5.88 Å². The fourth-order valence-corrected chi connectivity index (χ4v) is 4.52. The maximum Gasteiger partial charge on any atom is 0.303 e. The van der Waals surface area contributed by atoms with Crippen LogP contribution in [0.2, 0.25) is 5.02 Å². The minimum Gasteiger partial charge on any atom is -0.481 e. The predicted octanol–water partition coefficient (Wildman–Crippen LogP) is 5.66. The van der Waals surface area contributed by atoms with Crippen LogP contribution < -0.4 is 4.74 Å². The van der Waals surface area contributed by atoms with Crippen LogP contribution in [0.15, 0.2) is 60.9 Å². The second kappa shape index (κ2) is 10.2. The lowest BCUT2D eigenvalue weighted by atomic mass is 9.85. The normalized spacial score (nSPS) is 17.7.